The van der Waals surface area contributed by atoms with E-state index in [2.05, 4.69) is 22.7 Å². The Morgan fingerprint density at radius 3 is 2.40 bits per heavy atom. The minimum atomic E-state index is -0.442. The third-order valence-electron chi connectivity index (χ3n) is 4.06. The van der Waals surface area contributed by atoms with E-state index in [1.807, 2.05) is 18.2 Å². The van der Waals surface area contributed by atoms with E-state index in [4.69, 9.17) is 14.2 Å². The molecule has 2 rings (SSSR count). The molecule has 0 saturated carbocycles. The van der Waals surface area contributed by atoms with Crippen LogP contribution in [-0.2, 0) is 9.59 Å². The molecule has 0 fully saturated rings. The maximum atomic E-state index is 12.0. The first-order chi connectivity index (χ1) is 14.5. The van der Waals surface area contributed by atoms with Gasteiger partial charge in [0.05, 0.1) is 33.6 Å². The number of methoxy groups -OCH3 is 3. The van der Waals surface area contributed by atoms with Crippen LogP contribution in [0.2, 0.25) is 0 Å². The monoisotopic (exact) mass is 411 g/mol. The van der Waals surface area contributed by atoms with Crippen molar-refractivity contribution in [2.24, 2.45) is 0 Å². The van der Waals surface area contributed by atoms with Crippen LogP contribution in [0.1, 0.15) is 11.1 Å². The van der Waals surface area contributed by atoms with Gasteiger partial charge < -0.3 is 19.5 Å². The molecule has 8 heteroatoms. The Bertz CT molecular complexity index is 940. The van der Waals surface area contributed by atoms with E-state index in [-0.39, 0.29) is 6.54 Å². The van der Waals surface area contributed by atoms with Gasteiger partial charge in [-0.1, -0.05) is 24.8 Å². The zero-order chi connectivity index (χ0) is 21.9. The molecule has 2 amide bonds. The highest BCUT2D eigenvalue weighted by molar-refractivity contribution is 5.94. The first-order valence-corrected chi connectivity index (χ1v) is 9.03. The van der Waals surface area contributed by atoms with Crippen molar-refractivity contribution in [3.63, 3.8) is 0 Å². The van der Waals surface area contributed by atoms with Gasteiger partial charge in [-0.3, -0.25) is 20.4 Å². The summed E-state index contributed by atoms with van der Waals surface area (Å²) in [6, 6.07) is 12.5. The lowest BCUT2D eigenvalue weighted by molar-refractivity contribution is -0.124. The third kappa shape index (κ3) is 6.30. The number of para-hydroxylation sites is 1. The van der Waals surface area contributed by atoms with Crippen LogP contribution in [-0.4, -0.2) is 39.7 Å². The summed E-state index contributed by atoms with van der Waals surface area (Å²) >= 11 is 0. The topological polar surface area (TPSA) is 97.9 Å². The number of nitrogens with one attached hydrogen (secondary N) is 3. The summed E-state index contributed by atoms with van der Waals surface area (Å²) in [5, 5.41) is 2.50. The zero-order valence-electron chi connectivity index (χ0n) is 17.2. The average molecular weight is 411 g/mol. The van der Waals surface area contributed by atoms with Gasteiger partial charge in [-0.05, 0) is 24.3 Å². The third-order valence-corrected chi connectivity index (χ3v) is 4.06. The number of benzene rings is 2. The number of hydrogen-bond donors (Lipinski definition) is 3. The molecule has 0 aliphatic carbocycles. The maximum absolute atomic E-state index is 12.0. The molecular weight excluding hydrogens is 386 g/mol. The standard InChI is InChI=1S/C22H25N3O5/c1-15(18-11-10-17(28-2)13-20(18)30-4)24-25-22(27)14-23-21(26)12-9-16-7-5-6-8-19(16)29-3/h5-13,24H,1,14H2,2-4H3,(H,23,26)(H,25,27)/b12-9+. The molecule has 0 aliphatic rings. The number of hydrazine groups is 1. The molecule has 2 aromatic carbocycles. The molecular formula is C22H25N3O5. The Hall–Kier alpha value is -3.94. The number of rotatable bonds is 10. The van der Waals surface area contributed by atoms with Crippen molar-refractivity contribution in [1.29, 1.82) is 0 Å². The maximum Gasteiger partial charge on any atom is 0.257 e. The zero-order valence-corrected chi connectivity index (χ0v) is 17.2. The van der Waals surface area contributed by atoms with Gasteiger partial charge in [-0.2, -0.15) is 0 Å². The van der Waals surface area contributed by atoms with Gasteiger partial charge in [0, 0.05) is 23.3 Å². The molecule has 158 valence electrons. The first-order valence-electron chi connectivity index (χ1n) is 9.03. The van der Waals surface area contributed by atoms with Gasteiger partial charge in [-0.25, -0.2) is 0 Å². The Morgan fingerprint density at radius 1 is 0.967 bits per heavy atom. The van der Waals surface area contributed by atoms with Crippen molar-refractivity contribution < 1.29 is 23.8 Å². The molecule has 0 aliphatic heterocycles. The van der Waals surface area contributed by atoms with Crippen LogP contribution in [0.4, 0.5) is 0 Å². The highest BCUT2D eigenvalue weighted by Gasteiger charge is 2.10. The van der Waals surface area contributed by atoms with Crippen LogP contribution in [0.15, 0.2) is 55.1 Å². The molecule has 0 saturated heterocycles. The predicted molar refractivity (Wildman–Crippen MR) is 115 cm³/mol. The fourth-order valence-electron chi connectivity index (χ4n) is 2.50. The first kappa shape index (κ1) is 22.4. The SMILES string of the molecule is C=C(NNC(=O)CNC(=O)/C=C/c1ccccc1OC)c1ccc(OC)cc1OC. The fraction of sp³-hybridized carbons (Fsp3) is 0.182. The molecule has 0 bridgehead atoms. The summed E-state index contributed by atoms with van der Waals surface area (Å²) in [6.07, 6.45) is 2.95. The molecule has 0 aromatic heterocycles. The number of carbonyl (C=O) groups is 2. The Kier molecular flexibility index (Phi) is 8.31. The number of carbonyl (C=O) groups excluding carboxylic acids is 2. The lowest BCUT2D eigenvalue weighted by Gasteiger charge is -2.15. The summed E-state index contributed by atoms with van der Waals surface area (Å²) in [6.45, 7) is 3.67. The molecule has 30 heavy (non-hydrogen) atoms. The van der Waals surface area contributed by atoms with Crippen molar-refractivity contribution in [2.75, 3.05) is 27.9 Å². The molecule has 0 unspecified atom stereocenters. The van der Waals surface area contributed by atoms with E-state index in [9.17, 15) is 9.59 Å². The van der Waals surface area contributed by atoms with E-state index >= 15 is 0 Å². The van der Waals surface area contributed by atoms with Gasteiger partial charge in [0.15, 0.2) is 0 Å². The van der Waals surface area contributed by atoms with Crippen LogP contribution in [0, 0.1) is 0 Å². The Balaban J connectivity index is 1.83. The summed E-state index contributed by atoms with van der Waals surface area (Å²) in [5.74, 6) is 0.970. The highest BCUT2D eigenvalue weighted by atomic mass is 16.5. The summed E-state index contributed by atoms with van der Waals surface area (Å²) in [4.78, 5) is 23.9. The van der Waals surface area contributed by atoms with Crippen LogP contribution in [0.25, 0.3) is 11.8 Å². The van der Waals surface area contributed by atoms with E-state index in [0.717, 1.165) is 5.56 Å². The predicted octanol–water partition coefficient (Wildman–Crippen LogP) is 2.13. The Labute approximate surface area is 175 Å². The normalized spacial score (nSPS) is 10.2. The van der Waals surface area contributed by atoms with Gasteiger partial charge in [0.25, 0.3) is 5.91 Å². The number of amides is 2. The van der Waals surface area contributed by atoms with E-state index in [1.165, 1.54) is 13.2 Å². The average Bonchev–Trinajstić information content (AvgIpc) is 2.79. The van der Waals surface area contributed by atoms with Crippen molar-refractivity contribution >= 4 is 23.6 Å². The second kappa shape index (κ2) is 11.2. The van der Waals surface area contributed by atoms with Crippen molar-refractivity contribution in [1.82, 2.24) is 16.2 Å². The largest absolute Gasteiger partial charge is 0.497 e. The van der Waals surface area contributed by atoms with E-state index < -0.39 is 11.8 Å². The lowest BCUT2D eigenvalue weighted by Crippen LogP contribution is -2.42. The smallest absolute Gasteiger partial charge is 0.257 e. The Morgan fingerprint density at radius 2 is 1.70 bits per heavy atom. The van der Waals surface area contributed by atoms with Gasteiger partial charge in [0.1, 0.15) is 17.2 Å². The van der Waals surface area contributed by atoms with Gasteiger partial charge in [-0.15, -0.1) is 0 Å². The quantitative estimate of drug-likeness (QED) is 0.409. The number of ether oxygens (including phenoxy) is 3. The van der Waals surface area contributed by atoms with Gasteiger partial charge in [0.2, 0.25) is 5.91 Å². The minimum Gasteiger partial charge on any atom is -0.497 e. The van der Waals surface area contributed by atoms with Crippen molar-refractivity contribution in [2.45, 2.75) is 0 Å². The molecule has 0 atom stereocenters. The molecule has 0 heterocycles. The fourth-order valence-corrected chi connectivity index (χ4v) is 2.50. The molecule has 0 radical (unpaired) electrons. The molecule has 8 nitrogen and oxygen atoms in total. The number of hydrogen-bond acceptors (Lipinski definition) is 6. The van der Waals surface area contributed by atoms with E-state index in [0.29, 0.717) is 28.5 Å². The summed E-state index contributed by atoms with van der Waals surface area (Å²) in [7, 11) is 4.64. The molecule has 3 N–H and O–H groups in total. The summed E-state index contributed by atoms with van der Waals surface area (Å²) in [5.41, 5.74) is 7.01. The highest BCUT2D eigenvalue weighted by Crippen LogP contribution is 2.28. The van der Waals surface area contributed by atoms with Crippen LogP contribution in [0.3, 0.4) is 0 Å². The van der Waals surface area contributed by atoms with Crippen LogP contribution in [0.5, 0.6) is 17.2 Å². The van der Waals surface area contributed by atoms with E-state index in [1.54, 1.807) is 44.6 Å². The molecule has 2 aromatic rings. The molecule has 0 spiro atoms. The second-order valence-corrected chi connectivity index (χ2v) is 6.01. The van der Waals surface area contributed by atoms with Crippen LogP contribution < -0.4 is 30.4 Å². The van der Waals surface area contributed by atoms with Crippen molar-refractivity contribution in [3.8, 4) is 17.2 Å². The van der Waals surface area contributed by atoms with Crippen LogP contribution >= 0.6 is 0 Å². The second-order valence-electron chi connectivity index (χ2n) is 6.01. The lowest BCUT2D eigenvalue weighted by atomic mass is 10.1. The summed E-state index contributed by atoms with van der Waals surface area (Å²) < 4.78 is 15.7. The van der Waals surface area contributed by atoms with Crippen molar-refractivity contribution in [3.05, 3.63) is 66.2 Å². The van der Waals surface area contributed by atoms with Gasteiger partial charge >= 0.3 is 0 Å². The minimum absolute atomic E-state index is 0.213.